The van der Waals surface area contributed by atoms with E-state index in [1.165, 1.54) is 10.6 Å². The number of rotatable bonds is 5. The van der Waals surface area contributed by atoms with Crippen LogP contribution in [0.3, 0.4) is 0 Å². The van der Waals surface area contributed by atoms with Crippen molar-refractivity contribution in [3.8, 4) is 0 Å². The standard InChI is InChI=1S/C16H19OP/c1-14(13-17-2)18(15-9-5-3-6-10-15)16-11-7-4-8-12-16/h3-12,14H,13H2,1-2H3/t14-/m0/s1. The number of hydrogen-bond donors (Lipinski definition) is 0. The third-order valence-corrected chi connectivity index (χ3v) is 5.66. The Morgan fingerprint density at radius 1 is 0.889 bits per heavy atom. The molecule has 0 spiro atoms. The molecule has 0 saturated carbocycles. The summed E-state index contributed by atoms with van der Waals surface area (Å²) in [5, 5.41) is 2.84. The summed E-state index contributed by atoms with van der Waals surface area (Å²) in [5.74, 6) is 0. The van der Waals surface area contributed by atoms with Crippen molar-refractivity contribution in [3.05, 3.63) is 60.7 Å². The highest BCUT2D eigenvalue weighted by Crippen LogP contribution is 2.39. The molecule has 2 rings (SSSR count). The summed E-state index contributed by atoms with van der Waals surface area (Å²) in [6, 6.07) is 21.5. The summed E-state index contributed by atoms with van der Waals surface area (Å²) in [6.45, 7) is 3.07. The van der Waals surface area contributed by atoms with Crippen LogP contribution in [0.5, 0.6) is 0 Å². The smallest absolute Gasteiger partial charge is 0.0533 e. The van der Waals surface area contributed by atoms with Crippen molar-refractivity contribution in [1.82, 2.24) is 0 Å². The van der Waals surface area contributed by atoms with Gasteiger partial charge in [-0.3, -0.25) is 0 Å². The minimum Gasteiger partial charge on any atom is -0.384 e. The van der Waals surface area contributed by atoms with Crippen LogP contribution in [0.25, 0.3) is 0 Å². The van der Waals surface area contributed by atoms with Crippen molar-refractivity contribution in [2.24, 2.45) is 0 Å². The van der Waals surface area contributed by atoms with Gasteiger partial charge in [-0.25, -0.2) is 0 Å². The van der Waals surface area contributed by atoms with E-state index in [0.29, 0.717) is 5.66 Å². The SMILES string of the molecule is COC[C@H](C)P(c1ccccc1)c1ccccc1. The molecule has 0 unspecified atom stereocenters. The molecule has 0 aromatic heterocycles. The molecule has 0 heterocycles. The van der Waals surface area contributed by atoms with Gasteiger partial charge in [0.05, 0.1) is 6.61 Å². The lowest BCUT2D eigenvalue weighted by Crippen LogP contribution is -2.22. The molecule has 0 aliphatic rings. The highest BCUT2D eigenvalue weighted by atomic mass is 31.1. The molecule has 0 bridgehead atoms. The van der Waals surface area contributed by atoms with Gasteiger partial charge in [0.2, 0.25) is 0 Å². The van der Waals surface area contributed by atoms with E-state index in [1.54, 1.807) is 7.11 Å². The highest BCUT2D eigenvalue weighted by Gasteiger charge is 2.20. The average molecular weight is 258 g/mol. The summed E-state index contributed by atoms with van der Waals surface area (Å²) < 4.78 is 5.34. The second kappa shape index (κ2) is 6.68. The minimum atomic E-state index is -0.343. The maximum Gasteiger partial charge on any atom is 0.0533 e. The van der Waals surface area contributed by atoms with Gasteiger partial charge in [-0.1, -0.05) is 67.6 Å². The van der Waals surface area contributed by atoms with E-state index >= 15 is 0 Å². The van der Waals surface area contributed by atoms with Gasteiger partial charge in [-0.05, 0) is 18.5 Å². The average Bonchev–Trinajstić information content (AvgIpc) is 2.42. The van der Waals surface area contributed by atoms with E-state index in [0.717, 1.165) is 6.61 Å². The minimum absolute atomic E-state index is 0.343. The Labute approximate surface area is 111 Å². The molecule has 1 nitrogen and oxygen atoms in total. The van der Waals surface area contributed by atoms with Gasteiger partial charge in [-0.2, -0.15) is 0 Å². The van der Waals surface area contributed by atoms with Crippen LogP contribution < -0.4 is 10.6 Å². The molecule has 2 aromatic carbocycles. The van der Waals surface area contributed by atoms with Crippen molar-refractivity contribution in [2.45, 2.75) is 12.6 Å². The molecule has 94 valence electrons. The van der Waals surface area contributed by atoms with E-state index < -0.39 is 0 Å². The van der Waals surface area contributed by atoms with Crippen molar-refractivity contribution in [1.29, 1.82) is 0 Å². The van der Waals surface area contributed by atoms with E-state index in [1.807, 2.05) is 0 Å². The number of methoxy groups -OCH3 is 1. The Kier molecular flexibility index (Phi) is 4.92. The molecule has 0 aliphatic carbocycles. The van der Waals surface area contributed by atoms with Crippen LogP contribution in [0.1, 0.15) is 6.92 Å². The molecule has 0 saturated heterocycles. The molecule has 0 radical (unpaired) electrons. The van der Waals surface area contributed by atoms with Crippen molar-refractivity contribution >= 4 is 18.5 Å². The fourth-order valence-corrected chi connectivity index (χ4v) is 4.75. The van der Waals surface area contributed by atoms with Gasteiger partial charge in [0.25, 0.3) is 0 Å². The molecule has 0 N–H and O–H groups in total. The maximum absolute atomic E-state index is 5.34. The fourth-order valence-electron chi connectivity index (χ4n) is 2.15. The van der Waals surface area contributed by atoms with E-state index in [-0.39, 0.29) is 7.92 Å². The Balaban J connectivity index is 2.35. The van der Waals surface area contributed by atoms with Crippen LogP contribution in [-0.2, 0) is 4.74 Å². The second-order valence-corrected chi connectivity index (χ2v) is 7.00. The zero-order chi connectivity index (χ0) is 12.8. The summed E-state index contributed by atoms with van der Waals surface area (Å²) in [6.07, 6.45) is 0. The van der Waals surface area contributed by atoms with Crippen LogP contribution in [-0.4, -0.2) is 19.4 Å². The summed E-state index contributed by atoms with van der Waals surface area (Å²) in [7, 11) is 1.43. The van der Waals surface area contributed by atoms with E-state index in [4.69, 9.17) is 4.74 Å². The number of ether oxygens (including phenoxy) is 1. The molecule has 2 heteroatoms. The Hall–Kier alpha value is -1.17. The molecular weight excluding hydrogens is 239 g/mol. The van der Waals surface area contributed by atoms with E-state index in [2.05, 4.69) is 67.6 Å². The quantitative estimate of drug-likeness (QED) is 0.749. The molecule has 18 heavy (non-hydrogen) atoms. The molecule has 0 amide bonds. The summed E-state index contributed by atoms with van der Waals surface area (Å²) in [4.78, 5) is 0. The second-order valence-electron chi connectivity index (χ2n) is 4.35. The first-order valence-corrected chi connectivity index (χ1v) is 7.62. The summed E-state index contributed by atoms with van der Waals surface area (Å²) >= 11 is 0. The van der Waals surface area contributed by atoms with Gasteiger partial charge in [0.1, 0.15) is 0 Å². The molecular formula is C16H19OP. The summed E-state index contributed by atoms with van der Waals surface area (Å²) in [5.41, 5.74) is 0.523. The predicted molar refractivity (Wildman–Crippen MR) is 80.4 cm³/mol. The lowest BCUT2D eigenvalue weighted by molar-refractivity contribution is 0.202. The van der Waals surface area contributed by atoms with Gasteiger partial charge < -0.3 is 4.74 Å². The van der Waals surface area contributed by atoms with Crippen LogP contribution in [0.2, 0.25) is 0 Å². The monoisotopic (exact) mass is 258 g/mol. The van der Waals surface area contributed by atoms with Crippen LogP contribution in [0.15, 0.2) is 60.7 Å². The molecule has 0 aliphatic heterocycles. The van der Waals surface area contributed by atoms with Crippen LogP contribution >= 0.6 is 7.92 Å². The number of benzene rings is 2. The number of hydrogen-bond acceptors (Lipinski definition) is 1. The van der Waals surface area contributed by atoms with Gasteiger partial charge in [0, 0.05) is 12.8 Å². The van der Waals surface area contributed by atoms with E-state index in [9.17, 15) is 0 Å². The van der Waals surface area contributed by atoms with Gasteiger partial charge >= 0.3 is 0 Å². The normalized spacial score (nSPS) is 12.6. The topological polar surface area (TPSA) is 9.23 Å². The van der Waals surface area contributed by atoms with Crippen molar-refractivity contribution in [2.75, 3.05) is 13.7 Å². The fraction of sp³-hybridized carbons (Fsp3) is 0.250. The molecule has 1 atom stereocenters. The zero-order valence-corrected chi connectivity index (χ0v) is 11.8. The first-order chi connectivity index (χ1) is 8.83. The largest absolute Gasteiger partial charge is 0.384 e. The van der Waals surface area contributed by atoms with Crippen molar-refractivity contribution in [3.63, 3.8) is 0 Å². The zero-order valence-electron chi connectivity index (χ0n) is 10.9. The van der Waals surface area contributed by atoms with Gasteiger partial charge in [0.15, 0.2) is 0 Å². The first kappa shape index (κ1) is 13.3. The first-order valence-electron chi connectivity index (χ1n) is 6.21. The maximum atomic E-state index is 5.34. The third kappa shape index (κ3) is 3.19. The molecule has 0 fully saturated rings. The Morgan fingerprint density at radius 3 is 1.72 bits per heavy atom. The lowest BCUT2D eigenvalue weighted by atomic mass is 10.4. The third-order valence-electron chi connectivity index (χ3n) is 2.92. The van der Waals surface area contributed by atoms with Crippen LogP contribution in [0.4, 0.5) is 0 Å². The van der Waals surface area contributed by atoms with Gasteiger partial charge in [-0.15, -0.1) is 0 Å². The van der Waals surface area contributed by atoms with Crippen LogP contribution in [0, 0.1) is 0 Å². The highest BCUT2D eigenvalue weighted by molar-refractivity contribution is 7.73. The Bertz CT molecular complexity index is 416. The molecule has 2 aromatic rings. The Morgan fingerprint density at radius 2 is 1.33 bits per heavy atom. The predicted octanol–water partition coefficient (Wildman–Crippen LogP) is 3.15. The van der Waals surface area contributed by atoms with Crippen molar-refractivity contribution < 1.29 is 4.74 Å². The lowest BCUT2D eigenvalue weighted by Gasteiger charge is -2.25.